The monoisotopic (exact) mass is 337 g/mol. The highest BCUT2D eigenvalue weighted by Gasteiger charge is 2.21. The van der Waals surface area contributed by atoms with Gasteiger partial charge in [0.1, 0.15) is 11.4 Å². The van der Waals surface area contributed by atoms with Gasteiger partial charge < -0.3 is 4.98 Å². The van der Waals surface area contributed by atoms with E-state index in [1.807, 2.05) is 38.2 Å². The number of aromatic amines is 1. The Morgan fingerprint density at radius 2 is 2.08 bits per heavy atom. The summed E-state index contributed by atoms with van der Waals surface area (Å²) in [6, 6.07) is 7.81. The van der Waals surface area contributed by atoms with Crippen LogP contribution in [0.3, 0.4) is 0 Å². The number of aryl methyl sites for hydroxylation is 1. The number of carbonyl (C=O) groups excluding carboxylic acids is 1. The summed E-state index contributed by atoms with van der Waals surface area (Å²) in [6.07, 6.45) is 5.03. The van der Waals surface area contributed by atoms with Crippen LogP contribution < -0.4 is 0 Å². The van der Waals surface area contributed by atoms with Crippen LogP contribution in [0.2, 0.25) is 0 Å². The van der Waals surface area contributed by atoms with Crippen LogP contribution in [-0.4, -0.2) is 35.8 Å². The van der Waals surface area contributed by atoms with Gasteiger partial charge in [-0.05, 0) is 13.0 Å². The second-order valence-corrected chi connectivity index (χ2v) is 6.89. The van der Waals surface area contributed by atoms with Crippen molar-refractivity contribution in [1.82, 2.24) is 24.7 Å². The van der Waals surface area contributed by atoms with Crippen LogP contribution in [0.15, 0.2) is 48.0 Å². The molecule has 0 aliphatic rings. The van der Waals surface area contributed by atoms with Crippen LogP contribution in [0.25, 0.3) is 21.9 Å². The molecule has 0 saturated heterocycles. The lowest BCUT2D eigenvalue weighted by Crippen LogP contribution is -2.13. The number of aromatic nitrogens is 5. The molecule has 3 heterocycles. The molecule has 0 aliphatic carbocycles. The van der Waals surface area contributed by atoms with E-state index < -0.39 is 0 Å². The largest absolute Gasteiger partial charge is 0.360 e. The number of rotatable bonds is 4. The Balaban J connectivity index is 1.66. The molecule has 0 aliphatic heterocycles. The third kappa shape index (κ3) is 2.37. The van der Waals surface area contributed by atoms with Gasteiger partial charge in [0.05, 0.1) is 16.8 Å². The number of thioether (sulfide) groups is 1. The fourth-order valence-electron chi connectivity index (χ4n) is 2.75. The van der Waals surface area contributed by atoms with E-state index in [9.17, 15) is 4.79 Å². The second-order valence-electron chi connectivity index (χ2n) is 5.56. The maximum absolute atomic E-state index is 12.9. The molecule has 0 unspecified atom stereocenters. The third-order valence-electron chi connectivity index (χ3n) is 4.01. The van der Waals surface area contributed by atoms with Gasteiger partial charge >= 0.3 is 0 Å². The second kappa shape index (κ2) is 5.76. The van der Waals surface area contributed by atoms with Crippen LogP contribution in [-0.2, 0) is 7.05 Å². The first-order valence-electron chi connectivity index (χ1n) is 7.55. The lowest BCUT2D eigenvalue weighted by Gasteiger charge is -2.09. The fourth-order valence-corrected chi connectivity index (χ4v) is 3.70. The number of nitrogens with one attached hydrogen (secondary N) is 1. The molecule has 0 bridgehead atoms. The summed E-state index contributed by atoms with van der Waals surface area (Å²) in [7, 11) is 1.84. The molecule has 1 atom stereocenters. The van der Waals surface area contributed by atoms with Crippen LogP contribution >= 0.6 is 11.8 Å². The maximum Gasteiger partial charge on any atom is 0.178 e. The highest BCUT2D eigenvalue weighted by atomic mass is 32.2. The highest BCUT2D eigenvalue weighted by Crippen LogP contribution is 2.30. The lowest BCUT2D eigenvalue weighted by molar-refractivity contribution is 0.0995. The van der Waals surface area contributed by atoms with Crippen molar-refractivity contribution in [2.45, 2.75) is 17.2 Å². The Kier molecular flexibility index (Phi) is 3.57. The molecule has 0 fully saturated rings. The zero-order chi connectivity index (χ0) is 16.7. The molecule has 3 aromatic heterocycles. The quantitative estimate of drug-likeness (QED) is 0.351. The molecule has 6 nitrogen and oxygen atoms in total. The Morgan fingerprint density at radius 1 is 1.25 bits per heavy atom. The number of hydrogen-bond donors (Lipinski definition) is 1. The maximum atomic E-state index is 12.9. The Hall–Kier alpha value is -2.67. The van der Waals surface area contributed by atoms with E-state index in [-0.39, 0.29) is 11.0 Å². The van der Waals surface area contributed by atoms with Gasteiger partial charge in [-0.3, -0.25) is 9.48 Å². The van der Waals surface area contributed by atoms with Gasteiger partial charge in [0.2, 0.25) is 0 Å². The first-order chi connectivity index (χ1) is 11.6. The van der Waals surface area contributed by atoms with Gasteiger partial charge in [-0.1, -0.05) is 30.0 Å². The van der Waals surface area contributed by atoms with Gasteiger partial charge in [-0.2, -0.15) is 5.10 Å². The van der Waals surface area contributed by atoms with Gasteiger partial charge in [0.15, 0.2) is 11.4 Å². The average molecular weight is 337 g/mol. The summed E-state index contributed by atoms with van der Waals surface area (Å²) < 4.78 is 1.70. The van der Waals surface area contributed by atoms with Crippen molar-refractivity contribution in [2.24, 2.45) is 7.05 Å². The first kappa shape index (κ1) is 14.9. The number of ketones is 1. The average Bonchev–Trinajstić information content (AvgIpc) is 3.19. The number of carbonyl (C=O) groups is 1. The molecular formula is C17H15N5OS. The number of hydrogen-bond acceptors (Lipinski definition) is 5. The summed E-state index contributed by atoms with van der Waals surface area (Å²) in [4.78, 5) is 24.6. The molecule has 0 spiro atoms. The first-order valence-corrected chi connectivity index (χ1v) is 8.43. The minimum atomic E-state index is -0.262. The van der Waals surface area contributed by atoms with Gasteiger partial charge in [-0.15, -0.1) is 0 Å². The lowest BCUT2D eigenvalue weighted by atomic mass is 10.1. The number of nitrogens with zero attached hydrogens (tertiary/aromatic N) is 4. The van der Waals surface area contributed by atoms with E-state index in [0.29, 0.717) is 5.56 Å². The van der Waals surface area contributed by atoms with Crippen molar-refractivity contribution in [3.8, 4) is 0 Å². The summed E-state index contributed by atoms with van der Waals surface area (Å²) in [5.41, 5.74) is 2.44. The van der Waals surface area contributed by atoms with Crippen molar-refractivity contribution in [1.29, 1.82) is 0 Å². The minimum absolute atomic E-state index is 0.0769. The highest BCUT2D eigenvalue weighted by molar-refractivity contribution is 8.00. The molecule has 4 aromatic rings. The predicted octanol–water partition coefficient (Wildman–Crippen LogP) is 3.21. The van der Waals surface area contributed by atoms with E-state index in [2.05, 4.69) is 20.1 Å². The standard InChI is InChI=1S/C17H15N5OS/c1-10(15(23)12-7-18-14-6-4-3-5-11(12)14)24-17-13-8-21-22(2)16(13)19-9-20-17/h3-10,18H,1-2H3/t10-/m0/s1. The van der Waals surface area contributed by atoms with Gasteiger partial charge in [-0.25, -0.2) is 9.97 Å². The van der Waals surface area contributed by atoms with Crippen LogP contribution in [0.1, 0.15) is 17.3 Å². The molecule has 0 amide bonds. The molecule has 4 rings (SSSR count). The molecule has 0 saturated carbocycles. The number of para-hydroxylation sites is 1. The number of H-pyrrole nitrogens is 1. The molecule has 24 heavy (non-hydrogen) atoms. The topological polar surface area (TPSA) is 76.5 Å². The van der Waals surface area contributed by atoms with E-state index >= 15 is 0 Å². The van der Waals surface area contributed by atoms with E-state index in [1.54, 1.807) is 17.1 Å². The molecule has 1 N–H and O–H groups in total. The Labute approximate surface area is 142 Å². The number of benzene rings is 1. The normalized spacial score (nSPS) is 12.8. The van der Waals surface area contributed by atoms with Crippen molar-refractivity contribution in [3.63, 3.8) is 0 Å². The summed E-state index contributed by atoms with van der Waals surface area (Å²) >= 11 is 1.43. The smallest absolute Gasteiger partial charge is 0.178 e. The van der Waals surface area contributed by atoms with Gasteiger partial charge in [0.25, 0.3) is 0 Å². The minimum Gasteiger partial charge on any atom is -0.360 e. The predicted molar refractivity (Wildman–Crippen MR) is 94.3 cm³/mol. The van der Waals surface area contributed by atoms with E-state index in [1.165, 1.54) is 18.1 Å². The zero-order valence-electron chi connectivity index (χ0n) is 13.2. The summed E-state index contributed by atoms with van der Waals surface area (Å²) in [6.45, 7) is 1.90. The molecule has 120 valence electrons. The third-order valence-corrected chi connectivity index (χ3v) is 5.12. The molecule has 0 radical (unpaired) electrons. The Morgan fingerprint density at radius 3 is 2.96 bits per heavy atom. The summed E-state index contributed by atoms with van der Waals surface area (Å²) in [5.74, 6) is 0.0769. The molecular weight excluding hydrogens is 322 g/mol. The summed E-state index contributed by atoms with van der Waals surface area (Å²) in [5, 5.41) is 6.53. The van der Waals surface area contributed by atoms with Gasteiger partial charge in [0, 0.05) is 29.7 Å². The van der Waals surface area contributed by atoms with Crippen molar-refractivity contribution in [2.75, 3.05) is 0 Å². The van der Waals surface area contributed by atoms with Crippen molar-refractivity contribution in [3.05, 3.63) is 48.5 Å². The van der Waals surface area contributed by atoms with Crippen LogP contribution in [0.5, 0.6) is 0 Å². The van der Waals surface area contributed by atoms with E-state index in [0.717, 1.165) is 27.0 Å². The Bertz CT molecular complexity index is 1050. The van der Waals surface area contributed by atoms with E-state index in [4.69, 9.17) is 0 Å². The van der Waals surface area contributed by atoms with Crippen molar-refractivity contribution >= 4 is 39.5 Å². The SMILES string of the molecule is C[C@H](Sc1ncnc2c1cnn2C)C(=O)c1c[nH]c2ccccc12. The zero-order valence-corrected chi connectivity index (χ0v) is 14.0. The van der Waals surface area contributed by atoms with Crippen molar-refractivity contribution < 1.29 is 4.79 Å². The molecule has 1 aromatic carbocycles. The number of fused-ring (bicyclic) bond motifs is 2. The number of Topliss-reactive ketones (excluding diaryl/α,β-unsaturated/α-hetero) is 1. The van der Waals surface area contributed by atoms with Crippen LogP contribution in [0, 0.1) is 0 Å². The fraction of sp³-hybridized carbons (Fsp3) is 0.176. The molecule has 7 heteroatoms. The van der Waals surface area contributed by atoms with Crippen LogP contribution in [0.4, 0.5) is 0 Å².